The predicted octanol–water partition coefficient (Wildman–Crippen LogP) is 2.04. The Bertz CT molecular complexity index is 516. The van der Waals surface area contributed by atoms with Crippen LogP contribution in [-0.2, 0) is 4.74 Å². The van der Waals surface area contributed by atoms with E-state index in [2.05, 4.69) is 62.6 Å². The second-order valence-electron chi connectivity index (χ2n) is 7.41. The van der Waals surface area contributed by atoms with Crippen molar-refractivity contribution >= 4 is 23.0 Å². The van der Waals surface area contributed by atoms with Gasteiger partial charge in [-0.3, -0.25) is 0 Å². The van der Waals surface area contributed by atoms with E-state index in [-0.39, 0.29) is 6.10 Å². The molecule has 1 saturated heterocycles. The van der Waals surface area contributed by atoms with Crippen molar-refractivity contribution in [2.45, 2.75) is 39.7 Å². The second-order valence-corrected chi connectivity index (χ2v) is 7.81. The van der Waals surface area contributed by atoms with Crippen molar-refractivity contribution in [3.63, 3.8) is 0 Å². The van der Waals surface area contributed by atoms with Crippen LogP contribution < -0.4 is 15.5 Å². The van der Waals surface area contributed by atoms with Crippen LogP contribution in [0.25, 0.3) is 0 Å². The van der Waals surface area contributed by atoms with E-state index in [1.807, 2.05) is 0 Å². The molecule has 1 aliphatic heterocycles. The molecule has 0 aliphatic carbocycles. The fourth-order valence-electron chi connectivity index (χ4n) is 3.08. The van der Waals surface area contributed by atoms with Crippen LogP contribution >= 0.6 is 12.2 Å². The van der Waals surface area contributed by atoms with Crippen LogP contribution in [0.15, 0.2) is 24.3 Å². The van der Waals surface area contributed by atoms with Crippen LogP contribution in [0.3, 0.4) is 0 Å². The summed E-state index contributed by atoms with van der Waals surface area (Å²) < 4.78 is 5.86. The zero-order valence-corrected chi connectivity index (χ0v) is 16.2. The molecule has 134 valence electrons. The molecular formula is C19H32N3OS+. The molecule has 0 saturated carbocycles. The number of ether oxygens (including phenoxy) is 1. The minimum absolute atomic E-state index is 0.232. The number of hydrogen-bond acceptors (Lipinski definition) is 2. The first kappa shape index (κ1) is 19.2. The topological polar surface area (TPSA) is 37.7 Å². The normalized spacial score (nSPS) is 21.1. The van der Waals surface area contributed by atoms with Crippen molar-refractivity contribution in [3.8, 4) is 0 Å². The summed E-state index contributed by atoms with van der Waals surface area (Å²) in [5.74, 6) is 1.27. The van der Waals surface area contributed by atoms with Gasteiger partial charge in [-0.05, 0) is 35.8 Å². The zero-order valence-electron chi connectivity index (χ0n) is 15.4. The van der Waals surface area contributed by atoms with Crippen molar-refractivity contribution in [2.24, 2.45) is 5.92 Å². The Balaban J connectivity index is 1.74. The lowest BCUT2D eigenvalue weighted by atomic mass is 10.0. The zero-order chi connectivity index (χ0) is 17.5. The number of nitrogens with one attached hydrogen (secondary N) is 3. The summed E-state index contributed by atoms with van der Waals surface area (Å²) in [4.78, 5) is 1.63. The molecule has 24 heavy (non-hydrogen) atoms. The van der Waals surface area contributed by atoms with E-state index in [1.54, 1.807) is 4.90 Å². The SMILES string of the molecule is CC(C)C[NH+]1CCO[C@H](CNC(=S)Nc2ccc(C(C)C)cc2)C1. The van der Waals surface area contributed by atoms with E-state index in [4.69, 9.17) is 17.0 Å². The molecule has 1 aromatic rings. The van der Waals surface area contributed by atoms with Gasteiger partial charge in [0.25, 0.3) is 0 Å². The summed E-state index contributed by atoms with van der Waals surface area (Å²) in [6.07, 6.45) is 0.232. The fourth-order valence-corrected chi connectivity index (χ4v) is 3.28. The van der Waals surface area contributed by atoms with E-state index >= 15 is 0 Å². The standard InChI is InChI=1S/C19H31N3OS/c1-14(2)12-22-9-10-23-18(13-22)11-20-19(24)21-17-7-5-16(6-8-17)15(3)4/h5-8,14-15,18H,9-13H2,1-4H3,(H2,20,21,24)/p+1/t18-/m1/s1. The molecule has 0 bridgehead atoms. The lowest BCUT2D eigenvalue weighted by molar-refractivity contribution is -0.914. The van der Waals surface area contributed by atoms with E-state index in [1.165, 1.54) is 12.1 Å². The number of thiocarbonyl (C=S) groups is 1. The molecule has 1 aromatic carbocycles. The Kier molecular flexibility index (Phi) is 7.46. The van der Waals surface area contributed by atoms with Gasteiger partial charge in [-0.15, -0.1) is 0 Å². The molecular weight excluding hydrogens is 318 g/mol. The smallest absolute Gasteiger partial charge is 0.170 e. The molecule has 2 atom stereocenters. The average molecular weight is 351 g/mol. The van der Waals surface area contributed by atoms with Gasteiger partial charge in [0.05, 0.1) is 13.2 Å². The number of quaternary nitrogens is 1. The number of rotatable bonds is 6. The maximum atomic E-state index is 5.86. The largest absolute Gasteiger partial charge is 0.365 e. The first-order valence-corrected chi connectivity index (χ1v) is 9.45. The van der Waals surface area contributed by atoms with Crippen molar-refractivity contribution in [2.75, 3.05) is 38.1 Å². The molecule has 0 aromatic heterocycles. The highest BCUT2D eigenvalue weighted by Crippen LogP contribution is 2.16. The predicted molar refractivity (Wildman–Crippen MR) is 105 cm³/mol. The van der Waals surface area contributed by atoms with Gasteiger partial charge in [-0.2, -0.15) is 0 Å². The first-order valence-electron chi connectivity index (χ1n) is 9.04. The third-order valence-electron chi connectivity index (χ3n) is 4.35. The molecule has 0 amide bonds. The van der Waals surface area contributed by atoms with E-state index in [0.717, 1.165) is 37.8 Å². The molecule has 5 heteroatoms. The molecule has 1 unspecified atom stereocenters. The Morgan fingerprint density at radius 2 is 1.96 bits per heavy atom. The lowest BCUT2D eigenvalue weighted by Gasteiger charge is -2.31. The Hall–Kier alpha value is -1.17. The van der Waals surface area contributed by atoms with Crippen LogP contribution in [0.2, 0.25) is 0 Å². The number of benzene rings is 1. The van der Waals surface area contributed by atoms with E-state index in [0.29, 0.717) is 11.0 Å². The van der Waals surface area contributed by atoms with Gasteiger partial charge < -0.3 is 20.3 Å². The average Bonchev–Trinajstić information content (AvgIpc) is 2.53. The van der Waals surface area contributed by atoms with Crippen molar-refractivity contribution in [3.05, 3.63) is 29.8 Å². The van der Waals surface area contributed by atoms with Crippen LogP contribution in [0, 0.1) is 5.92 Å². The molecule has 1 fully saturated rings. The van der Waals surface area contributed by atoms with Gasteiger partial charge in [0.2, 0.25) is 0 Å². The van der Waals surface area contributed by atoms with Crippen LogP contribution in [0.4, 0.5) is 5.69 Å². The molecule has 0 spiro atoms. The van der Waals surface area contributed by atoms with Crippen LogP contribution in [0.5, 0.6) is 0 Å². The van der Waals surface area contributed by atoms with Crippen LogP contribution in [0.1, 0.15) is 39.2 Å². The van der Waals surface area contributed by atoms with E-state index < -0.39 is 0 Å². The maximum absolute atomic E-state index is 5.86. The summed E-state index contributed by atoms with van der Waals surface area (Å²) in [6, 6.07) is 8.45. The van der Waals surface area contributed by atoms with Gasteiger partial charge in [-0.25, -0.2) is 0 Å². The van der Waals surface area contributed by atoms with Crippen LogP contribution in [-0.4, -0.2) is 44.0 Å². The number of morpholine rings is 1. The van der Waals surface area contributed by atoms with Gasteiger partial charge in [0.15, 0.2) is 5.11 Å². The molecule has 3 N–H and O–H groups in total. The number of anilines is 1. The summed E-state index contributed by atoms with van der Waals surface area (Å²) in [5, 5.41) is 7.20. The third kappa shape index (κ3) is 6.38. The van der Waals surface area contributed by atoms with Gasteiger partial charge in [0.1, 0.15) is 19.2 Å². The minimum atomic E-state index is 0.232. The third-order valence-corrected chi connectivity index (χ3v) is 4.59. The Morgan fingerprint density at radius 3 is 2.58 bits per heavy atom. The second kappa shape index (κ2) is 9.35. The quantitative estimate of drug-likeness (QED) is 0.687. The summed E-state index contributed by atoms with van der Waals surface area (Å²) >= 11 is 5.40. The molecule has 4 nitrogen and oxygen atoms in total. The van der Waals surface area contributed by atoms with Crippen molar-refractivity contribution < 1.29 is 9.64 Å². The number of hydrogen-bond donors (Lipinski definition) is 3. The highest BCUT2D eigenvalue weighted by Gasteiger charge is 2.24. The molecule has 1 heterocycles. The van der Waals surface area contributed by atoms with Crippen molar-refractivity contribution in [1.29, 1.82) is 0 Å². The Labute approximate surface area is 152 Å². The summed E-state index contributed by atoms with van der Waals surface area (Å²) in [6.45, 7) is 13.9. The lowest BCUT2D eigenvalue weighted by Crippen LogP contribution is -3.15. The maximum Gasteiger partial charge on any atom is 0.170 e. The molecule has 0 radical (unpaired) electrons. The molecule has 1 aliphatic rings. The van der Waals surface area contributed by atoms with E-state index in [9.17, 15) is 0 Å². The minimum Gasteiger partial charge on any atom is -0.365 e. The Morgan fingerprint density at radius 1 is 1.25 bits per heavy atom. The monoisotopic (exact) mass is 350 g/mol. The van der Waals surface area contributed by atoms with Crippen molar-refractivity contribution in [1.82, 2.24) is 5.32 Å². The van der Waals surface area contributed by atoms with Gasteiger partial charge >= 0.3 is 0 Å². The summed E-state index contributed by atoms with van der Waals surface area (Å²) in [7, 11) is 0. The fraction of sp³-hybridized carbons (Fsp3) is 0.632. The first-order chi connectivity index (χ1) is 11.4. The molecule has 2 rings (SSSR count). The van der Waals surface area contributed by atoms with Gasteiger partial charge in [-0.1, -0.05) is 39.8 Å². The van der Waals surface area contributed by atoms with Gasteiger partial charge in [0, 0.05) is 18.2 Å². The summed E-state index contributed by atoms with van der Waals surface area (Å²) in [5.41, 5.74) is 2.36. The highest BCUT2D eigenvalue weighted by atomic mass is 32.1. The highest BCUT2D eigenvalue weighted by molar-refractivity contribution is 7.80.